The fourth-order valence-corrected chi connectivity index (χ4v) is 16.6. The number of para-hydroxylation sites is 1. The number of carbonyl (C=O) groups is 5. The molecule has 18 nitrogen and oxygen atoms in total. The second kappa shape index (κ2) is 34.6. The van der Waals surface area contributed by atoms with Gasteiger partial charge in [-0.15, -0.1) is 0 Å². The van der Waals surface area contributed by atoms with Gasteiger partial charge >= 0.3 is 66.6 Å². The van der Waals surface area contributed by atoms with E-state index >= 15 is 0 Å². The molecule has 2 aromatic carbocycles. The molecule has 0 aliphatic carbocycles. The van der Waals surface area contributed by atoms with Crippen LogP contribution >= 0.6 is 40.5 Å². The SMILES string of the molecule is C[Si](C)(CCCC(=O)O)O[Si](C)(C)CSCc1ncc(CNC(=O)CC[C@H](NC(=O)NCCCC(=O)O)C(=O)O)cn1.O.[Cl][Pt+2][I].[NH2-].[NH2-].[V].c1ccc2c(c1)cnc1ccccc12. The van der Waals surface area contributed by atoms with Crippen molar-refractivity contribution >= 4 is 109 Å². The van der Waals surface area contributed by atoms with Crippen LogP contribution in [0.2, 0.25) is 32.2 Å². The minimum Gasteiger partial charge on any atom is -0.693 e. The van der Waals surface area contributed by atoms with E-state index in [-0.39, 0.29) is 95.4 Å². The Balaban J connectivity index is -0.00000142. The van der Waals surface area contributed by atoms with E-state index in [1.165, 1.54) is 16.2 Å². The number of aromatic nitrogens is 3. The second-order valence-electron chi connectivity index (χ2n) is 14.4. The smallest absolute Gasteiger partial charge is 0.0708 e. The molecule has 0 aliphatic heterocycles. The Kier molecular flexibility index (Phi) is 35.4. The number of amides is 3. The molecule has 25 heteroatoms. The van der Waals surface area contributed by atoms with E-state index in [2.05, 4.69) is 107 Å². The summed E-state index contributed by atoms with van der Waals surface area (Å²) in [5.74, 6) is -2.21. The molecule has 2 heterocycles. The number of benzene rings is 2. The number of nitrogens with zero attached hydrogens (tertiary/aromatic N) is 3. The molecule has 4 rings (SSSR count). The van der Waals surface area contributed by atoms with Crippen LogP contribution in [0.25, 0.3) is 34.0 Å². The van der Waals surface area contributed by atoms with E-state index < -0.39 is 52.5 Å². The van der Waals surface area contributed by atoms with Gasteiger partial charge in [0.2, 0.25) is 5.91 Å². The maximum atomic E-state index is 12.2. The average Bonchev–Trinajstić information content (AvgIpc) is 3.17. The quantitative estimate of drug-likeness (QED) is 0.0199. The number of fused-ring (bicyclic) bond motifs is 3. The number of aliphatic carboxylic acids is 3. The van der Waals surface area contributed by atoms with Gasteiger partial charge in [0, 0.05) is 91.2 Å². The summed E-state index contributed by atoms with van der Waals surface area (Å²) in [5.41, 5.74) is 1.74. The van der Waals surface area contributed by atoms with E-state index in [9.17, 15) is 29.1 Å². The van der Waals surface area contributed by atoms with Crippen LogP contribution in [0.3, 0.4) is 0 Å². The molecule has 0 unspecified atom stereocenters. The summed E-state index contributed by atoms with van der Waals surface area (Å²) in [6.07, 6.45) is 5.80. The Hall–Kier alpha value is -2.74. The number of rotatable bonds is 21. The number of hydrogen-bond donors (Lipinski definition) is 6. The molecular formula is C38H58ClIN8O10PtSSi2V. The van der Waals surface area contributed by atoms with Crippen LogP contribution in [0.1, 0.15) is 49.9 Å². The maximum Gasteiger partial charge on any atom is 0.0708 e. The third-order valence-corrected chi connectivity index (χ3v) is 18.3. The van der Waals surface area contributed by atoms with Crippen LogP contribution in [-0.4, -0.2) is 100 Å². The Morgan fingerprint density at radius 3 is 2.00 bits per heavy atom. The molecule has 0 bridgehead atoms. The molecule has 0 fully saturated rings. The van der Waals surface area contributed by atoms with E-state index in [1.807, 2.05) is 24.4 Å². The van der Waals surface area contributed by atoms with Gasteiger partial charge in [0.05, 0.1) is 11.3 Å². The van der Waals surface area contributed by atoms with E-state index in [4.69, 9.17) is 23.7 Å². The van der Waals surface area contributed by atoms with Crippen LogP contribution in [0.5, 0.6) is 0 Å². The summed E-state index contributed by atoms with van der Waals surface area (Å²) in [7, 11) is 1.19. The third kappa shape index (κ3) is 28.0. The number of pyridine rings is 1. The normalized spacial score (nSPS) is 11.0. The topological polar surface area (TPSA) is 329 Å². The summed E-state index contributed by atoms with van der Waals surface area (Å²) in [6, 6.07) is 15.3. The predicted octanol–water partition coefficient (Wildman–Crippen LogP) is 8.12. The van der Waals surface area contributed by atoms with Crippen molar-refractivity contribution in [3.05, 3.63) is 90.8 Å². The summed E-state index contributed by atoms with van der Waals surface area (Å²) in [4.78, 5) is 69.9. The molecule has 0 aliphatic rings. The number of carboxylic acid groups (broad SMARTS) is 3. The van der Waals surface area contributed by atoms with Crippen molar-refractivity contribution in [1.29, 1.82) is 0 Å². The third-order valence-electron chi connectivity index (χ3n) is 8.27. The number of halogens is 2. The first-order valence-corrected chi connectivity index (χ1v) is 35.2. The zero-order chi connectivity index (χ0) is 43.8. The van der Waals surface area contributed by atoms with Crippen molar-refractivity contribution in [2.45, 2.75) is 89.1 Å². The van der Waals surface area contributed by atoms with Crippen molar-refractivity contribution in [1.82, 2.24) is 30.9 Å². The molecule has 0 saturated carbocycles. The summed E-state index contributed by atoms with van der Waals surface area (Å²) >= 11 is 3.88. The van der Waals surface area contributed by atoms with E-state index in [1.54, 1.807) is 24.2 Å². The van der Waals surface area contributed by atoms with Crippen LogP contribution in [0, 0.1) is 0 Å². The van der Waals surface area contributed by atoms with E-state index in [0.717, 1.165) is 16.9 Å². The van der Waals surface area contributed by atoms with E-state index in [0.29, 0.717) is 23.6 Å². The van der Waals surface area contributed by atoms with Gasteiger partial charge in [-0.1, -0.05) is 42.5 Å². The standard InChI is InChI=1S/C25H43N5O9SSi2.C13H9N.ClH.HI.2H2N.H2O.Pt.V/c1-41(2,12-6-8-23(34)35)39-42(3,4)17-40-16-20-27-13-18(14-28-20)15-29-21(31)10-9-19(24(36)37)30-25(38)26-11-5-7-22(32)33;1-2-6-11-10(5-1)9-14-13-8-4-3-7-12(11)13;;;;;;;/h13-14,19H,5-12,15-17H2,1-4H3,(H,29,31)(H,32,33)(H,34,35)(H,36,37)(H2,26,30,38);1-9H;2*1H;3*1H2;;/q;;;;2*-1;;+4;/p-2/t19-;;;;;;;;/m0......../s1. The monoisotopic (exact) mass is 1280 g/mol. The zero-order valence-electron chi connectivity index (χ0n) is 35.4. The Morgan fingerprint density at radius 2 is 1.40 bits per heavy atom. The summed E-state index contributed by atoms with van der Waals surface area (Å²) < 4.78 is 6.52. The fraction of sp³-hybridized carbons (Fsp3) is 0.421. The molecule has 0 saturated heterocycles. The van der Waals surface area contributed by atoms with Gasteiger partial charge in [0.1, 0.15) is 11.9 Å². The van der Waals surface area contributed by atoms with Gasteiger partial charge in [0.25, 0.3) is 0 Å². The van der Waals surface area contributed by atoms with Crippen molar-refractivity contribution in [2.75, 3.05) is 11.9 Å². The number of nitrogens with two attached hydrogens (primary N) is 2. The predicted molar refractivity (Wildman–Crippen MR) is 255 cm³/mol. The zero-order valence-corrected chi connectivity index (χ0v) is 44.8. The minimum absolute atomic E-state index is 0. The molecule has 2 aromatic heterocycles. The number of urea groups is 1. The average molecular weight is 1280 g/mol. The molecular weight excluding hydrogens is 1230 g/mol. The van der Waals surface area contributed by atoms with Crippen molar-refractivity contribution < 1.29 is 81.3 Å². The van der Waals surface area contributed by atoms with Crippen molar-refractivity contribution in [3.8, 4) is 0 Å². The Morgan fingerprint density at radius 1 is 0.825 bits per heavy atom. The Bertz CT molecular complexity index is 1940. The molecule has 1 atom stereocenters. The number of carbonyl (C=O) groups excluding carboxylic acids is 2. The molecule has 3 amide bonds. The maximum absolute atomic E-state index is 12.2. The second-order valence-corrected chi connectivity index (χ2v) is 32.0. The summed E-state index contributed by atoms with van der Waals surface area (Å²) in [5, 5.41) is 38.7. The number of hydrogen-bond acceptors (Lipinski definition) is 10. The van der Waals surface area contributed by atoms with Crippen LogP contribution in [0.15, 0.2) is 67.1 Å². The minimum atomic E-state index is -1.96. The molecule has 0 spiro atoms. The molecule has 1 radical (unpaired) electrons. The first-order chi connectivity index (χ1) is 27.9. The van der Waals surface area contributed by atoms with Crippen molar-refractivity contribution in [2.24, 2.45) is 0 Å². The van der Waals surface area contributed by atoms with Gasteiger partial charge in [-0.25, -0.2) is 19.6 Å². The van der Waals surface area contributed by atoms with Gasteiger partial charge in [-0.05, 0) is 62.9 Å². The largest absolute Gasteiger partial charge is 0.693 e. The van der Waals surface area contributed by atoms with Crippen LogP contribution in [-0.2, 0) is 68.0 Å². The van der Waals surface area contributed by atoms with Crippen LogP contribution in [0.4, 0.5) is 4.79 Å². The summed E-state index contributed by atoms with van der Waals surface area (Å²) in [6.45, 7) is 8.82. The molecule has 353 valence electrons. The van der Waals surface area contributed by atoms with Gasteiger partial charge in [-0.2, -0.15) is 11.8 Å². The number of nitrogens with one attached hydrogen (secondary N) is 3. The molecule has 63 heavy (non-hydrogen) atoms. The Labute approximate surface area is 409 Å². The number of thioether (sulfide) groups is 1. The first kappa shape index (κ1) is 64.5. The van der Waals surface area contributed by atoms with Gasteiger partial charge < -0.3 is 53.2 Å². The molecule has 12 N–H and O–H groups in total. The van der Waals surface area contributed by atoms with Gasteiger partial charge in [-0.3, -0.25) is 19.4 Å². The van der Waals surface area contributed by atoms with Crippen molar-refractivity contribution in [3.63, 3.8) is 0 Å². The molecule has 4 aromatic rings. The fourth-order valence-electron chi connectivity index (χ4n) is 5.71. The number of carboxylic acids is 3. The first-order valence-electron chi connectivity index (χ1n) is 18.5. The van der Waals surface area contributed by atoms with Crippen LogP contribution < -0.4 is 16.0 Å². The van der Waals surface area contributed by atoms with Gasteiger partial charge in [0.15, 0.2) is 16.6 Å².